The number of pyridine rings is 2. The van der Waals surface area contributed by atoms with Crippen molar-refractivity contribution in [2.24, 2.45) is 5.41 Å². The number of aryl methyl sites for hydroxylation is 1. The summed E-state index contributed by atoms with van der Waals surface area (Å²) < 4.78 is 63.0. The molecule has 3 aromatic rings. The van der Waals surface area contributed by atoms with Crippen LogP contribution in [-0.2, 0) is 149 Å². The number of nitrogens with zero attached hydrogens (tertiary/aromatic N) is 8. The van der Waals surface area contributed by atoms with Crippen molar-refractivity contribution in [1.29, 1.82) is 0 Å². The number of carbonyl (C=O) groups is 14. The van der Waals surface area contributed by atoms with Crippen LogP contribution in [0, 0.1) is 5.41 Å². The molecular weight excluding hydrogens is 1490 g/mol. The topological polar surface area (TPSA) is 464 Å². The number of alkyl carbamates (subject to hydrolysis) is 1. The highest BCUT2D eigenvalue weighted by Gasteiger charge is 2.51. The summed E-state index contributed by atoms with van der Waals surface area (Å²) in [5, 5.41) is 14.7. The minimum atomic E-state index is -1.75. The number of carbonyl (C=O) groups excluding carboxylic acids is 14. The number of fused-ring (bicyclic) bond motifs is 5. The molecule has 0 spiro atoms. The number of aliphatic hydroxyl groups excluding tert-OH is 1. The van der Waals surface area contributed by atoms with Crippen molar-refractivity contribution in [3.63, 3.8) is 0 Å². The second kappa shape index (κ2) is 39.9. The Balaban J connectivity index is 0.000000249. The molecule has 40 nitrogen and oxygen atoms in total. The third-order valence-corrected chi connectivity index (χ3v) is 19.3. The van der Waals surface area contributed by atoms with Crippen LogP contribution in [0.1, 0.15) is 126 Å². The Morgan fingerprint density at radius 1 is 0.571 bits per heavy atom. The molecule has 2 aromatic heterocycles. The largest absolute Gasteiger partial charge is 0.457 e. The fraction of sp³-hybridized carbons (Fsp3) is 0.611. The molecule has 9 amide bonds. The zero-order chi connectivity index (χ0) is 80.1. The highest BCUT2D eigenvalue weighted by atomic mass is 16.8. The second-order valence-corrected chi connectivity index (χ2v) is 27.1. The smallest absolute Gasteiger partial charge is 0.415 e. The Hall–Kier alpha value is -10.0. The standard InChI is InChI=1S/C37H50N4O24.C35H41N5O7/c42-25-1-2-26(43)38(25)62-33(50)17-54-9-13-58-21-37(22-59-14-10-55-18-34(51)63-39-27(44)3-4-28(39)45,23-60-15-11-56-19-35(52)64-40-29(46)5-6-30(40)47)24-61-16-12-57-20-36(53)65-41-31(48)7-8-32(41)49;1-4-23-24-17-22(46-34(44)39-15-11-21(12-16-39)38-13-7-6-8-14-38)9-10-28(24)37-30-25(23)19-40-29(30)18-27-26(31(40)41)20-45-32(42)35(27,5-2)47-33(43)36-3/h25,42H,1-24H2;9-10,17-18,21H,4-8,11-16,19-20H2,1-3H3,(H,36,43)/t;35-/m.0/s1. The summed E-state index contributed by atoms with van der Waals surface area (Å²) in [6.45, 7) is 3.21. The highest BCUT2D eigenvalue weighted by molar-refractivity contribution is 6.03. The van der Waals surface area contributed by atoms with Crippen molar-refractivity contribution < 1.29 is 144 Å². The normalized spacial score (nSPS) is 19.2. The summed E-state index contributed by atoms with van der Waals surface area (Å²) in [6, 6.07) is 7.74. The first-order chi connectivity index (χ1) is 53.9. The number of piperidine rings is 2. The lowest BCUT2D eigenvalue weighted by Crippen LogP contribution is -2.48. The van der Waals surface area contributed by atoms with Gasteiger partial charge in [0.15, 0.2) is 6.23 Å². The Labute approximate surface area is 640 Å². The number of likely N-dealkylation sites (tertiary alicyclic amines) is 2. The van der Waals surface area contributed by atoms with E-state index in [-0.39, 0.29) is 161 Å². The van der Waals surface area contributed by atoms with Crippen LogP contribution in [0.3, 0.4) is 0 Å². The minimum absolute atomic E-state index is 0.00855. The number of hydrogen-bond acceptors (Lipinski definition) is 33. The number of imide groups is 3. The number of aromatic nitrogens is 2. The zero-order valence-electron chi connectivity index (χ0n) is 62.4. The first-order valence-electron chi connectivity index (χ1n) is 37.0. The second-order valence-electron chi connectivity index (χ2n) is 27.1. The molecule has 0 aliphatic carbocycles. The quantitative estimate of drug-likeness (QED) is 0.0358. The number of nitrogens with one attached hydrogen (secondary N) is 1. The van der Waals surface area contributed by atoms with Crippen LogP contribution in [0.25, 0.3) is 22.3 Å². The van der Waals surface area contributed by atoms with Crippen molar-refractivity contribution in [3.05, 3.63) is 56.9 Å². The molecule has 2 atom stereocenters. The van der Waals surface area contributed by atoms with Crippen LogP contribution >= 0.6 is 0 Å². The van der Waals surface area contributed by atoms with Crippen molar-refractivity contribution in [3.8, 4) is 17.1 Å². The molecule has 2 N–H and O–H groups in total. The van der Waals surface area contributed by atoms with E-state index in [0.717, 1.165) is 42.4 Å². The lowest BCUT2D eigenvalue weighted by Gasteiger charge is -2.39. The molecule has 6 saturated heterocycles. The van der Waals surface area contributed by atoms with Crippen LogP contribution in [0.5, 0.6) is 5.75 Å². The van der Waals surface area contributed by atoms with Gasteiger partial charge in [0.25, 0.3) is 46.9 Å². The van der Waals surface area contributed by atoms with E-state index in [4.69, 9.17) is 76.4 Å². The van der Waals surface area contributed by atoms with E-state index in [1.165, 1.54) is 26.3 Å². The lowest BCUT2D eigenvalue weighted by atomic mass is 9.85. The van der Waals surface area contributed by atoms with E-state index in [1.807, 2.05) is 19.1 Å². The van der Waals surface area contributed by atoms with Gasteiger partial charge in [-0.25, -0.2) is 38.5 Å². The molecule has 8 aliphatic heterocycles. The summed E-state index contributed by atoms with van der Waals surface area (Å²) in [5.74, 6) is -8.76. The van der Waals surface area contributed by atoms with E-state index in [9.17, 15) is 77.0 Å². The number of amides is 9. The van der Waals surface area contributed by atoms with E-state index < -0.39 is 121 Å². The van der Waals surface area contributed by atoms with Crippen LogP contribution < -0.4 is 15.6 Å². The number of aliphatic hydroxyl groups is 1. The van der Waals surface area contributed by atoms with Crippen LogP contribution in [0.15, 0.2) is 29.1 Å². The highest BCUT2D eigenvalue weighted by Crippen LogP contribution is 2.43. The van der Waals surface area contributed by atoms with Crippen molar-refractivity contribution >= 4 is 94.3 Å². The number of hydrogen-bond donors (Lipinski definition) is 2. The Morgan fingerprint density at radius 3 is 1.49 bits per heavy atom. The minimum Gasteiger partial charge on any atom is -0.457 e. The molecule has 610 valence electrons. The molecule has 10 heterocycles. The number of ether oxygens (including phenoxy) is 11. The fourth-order valence-electron chi connectivity index (χ4n) is 13.6. The van der Waals surface area contributed by atoms with Gasteiger partial charge < -0.3 is 96.2 Å². The van der Waals surface area contributed by atoms with Gasteiger partial charge in [0.1, 0.15) is 38.8 Å². The number of cyclic esters (lactones) is 1. The molecule has 6 fully saturated rings. The Kier molecular flexibility index (Phi) is 30.1. The molecule has 0 bridgehead atoms. The number of rotatable bonds is 37. The predicted octanol–water partition coefficient (Wildman–Crippen LogP) is 0.781. The van der Waals surface area contributed by atoms with E-state index >= 15 is 0 Å². The van der Waals surface area contributed by atoms with Gasteiger partial charge in [-0.2, -0.15) is 0 Å². The average molecular weight is 1580 g/mol. The van der Waals surface area contributed by atoms with Gasteiger partial charge >= 0.3 is 42.0 Å². The molecule has 0 saturated carbocycles. The maximum absolute atomic E-state index is 13.9. The summed E-state index contributed by atoms with van der Waals surface area (Å²) in [4.78, 5) is 212. The Bertz CT molecular complexity index is 3880. The first-order valence-corrected chi connectivity index (χ1v) is 37.0. The van der Waals surface area contributed by atoms with Crippen molar-refractivity contribution in [2.45, 2.75) is 141 Å². The molecule has 1 unspecified atom stereocenters. The number of hydroxylamine groups is 8. The third kappa shape index (κ3) is 21.4. The van der Waals surface area contributed by atoms with Gasteiger partial charge in [-0.05, 0) is 81.4 Å². The fourth-order valence-corrected chi connectivity index (χ4v) is 13.6. The zero-order valence-corrected chi connectivity index (χ0v) is 62.4. The van der Waals surface area contributed by atoms with Crippen molar-refractivity contribution in [1.82, 2.24) is 44.9 Å². The molecule has 8 aliphatic rings. The first kappa shape index (κ1) is 84.4. The third-order valence-electron chi connectivity index (χ3n) is 19.3. The summed E-state index contributed by atoms with van der Waals surface area (Å²) in [7, 11) is 1.40. The van der Waals surface area contributed by atoms with Crippen molar-refractivity contribution in [2.75, 3.05) is 139 Å². The molecule has 1 aromatic carbocycles. The SMILES string of the molecule is CCc1c2c(nc3ccc(OC(=O)N4CCC(N5CCCCC5)CC4)cc13)-c1cc3c(c(=O)n1C2)COC(=O)[C@@]3(CC)OC(=O)NC.O=C(COCCOCC(COCCOCC(=O)ON1C(=O)CCC1=O)(COCCOCC(=O)ON1C(=O)CCC1=O)COCCOCC(=O)ON1C(=O)CCC1O)ON1C(=O)CCC1=O. The Morgan fingerprint density at radius 2 is 1.04 bits per heavy atom. The van der Waals surface area contributed by atoms with E-state index in [0.29, 0.717) is 80.6 Å². The summed E-state index contributed by atoms with van der Waals surface area (Å²) >= 11 is 0. The number of benzene rings is 1. The maximum atomic E-state index is 13.9. The molecule has 40 heteroatoms. The van der Waals surface area contributed by atoms with Gasteiger partial charge in [0.2, 0.25) is 5.60 Å². The van der Waals surface area contributed by atoms with Gasteiger partial charge in [0, 0.05) is 94.1 Å². The van der Waals surface area contributed by atoms with Gasteiger partial charge in [-0.3, -0.25) is 38.4 Å². The van der Waals surface area contributed by atoms with Crippen LogP contribution in [0.2, 0.25) is 0 Å². The average Bonchev–Trinajstić information content (AvgIpc) is 1.51. The van der Waals surface area contributed by atoms with Gasteiger partial charge in [0.05, 0.1) is 114 Å². The van der Waals surface area contributed by atoms with Crippen LogP contribution in [-0.4, -0.2) is 279 Å². The van der Waals surface area contributed by atoms with Crippen LogP contribution in [0.4, 0.5) is 9.59 Å². The number of esters is 1. The summed E-state index contributed by atoms with van der Waals surface area (Å²) in [6.07, 6.45) is 3.68. The molecule has 0 radical (unpaired) electrons. The summed E-state index contributed by atoms with van der Waals surface area (Å²) in [5.41, 5.74) is 1.15. The lowest BCUT2D eigenvalue weighted by molar-refractivity contribution is -0.223. The molecule has 11 rings (SSSR count). The van der Waals surface area contributed by atoms with E-state index in [2.05, 4.69) is 10.2 Å². The molecular formula is C72H91N9O31. The van der Waals surface area contributed by atoms with Gasteiger partial charge in [-0.15, -0.1) is 20.3 Å². The predicted molar refractivity (Wildman–Crippen MR) is 372 cm³/mol. The monoisotopic (exact) mass is 1580 g/mol. The van der Waals surface area contributed by atoms with E-state index in [1.54, 1.807) is 28.5 Å². The molecule has 112 heavy (non-hydrogen) atoms. The maximum Gasteiger partial charge on any atom is 0.415 e. The van der Waals surface area contributed by atoms with Gasteiger partial charge in [-0.1, -0.05) is 20.3 Å².